The Bertz CT molecular complexity index is 964. The van der Waals surface area contributed by atoms with Crippen molar-refractivity contribution in [3.05, 3.63) is 72.2 Å². The lowest BCUT2D eigenvalue weighted by molar-refractivity contribution is 0.0699. The molecule has 0 spiro atoms. The molecule has 7 heteroatoms. The third-order valence-corrected chi connectivity index (χ3v) is 4.85. The summed E-state index contributed by atoms with van der Waals surface area (Å²) in [6.45, 7) is 3.28. The van der Waals surface area contributed by atoms with Crippen LogP contribution in [0.4, 0.5) is 0 Å². The van der Waals surface area contributed by atoms with E-state index in [1.807, 2.05) is 36.1 Å². The zero-order valence-electron chi connectivity index (χ0n) is 15.7. The number of likely N-dealkylation sites (tertiary alicyclic amines) is 1. The highest BCUT2D eigenvalue weighted by Crippen LogP contribution is 2.28. The van der Waals surface area contributed by atoms with Gasteiger partial charge in [0.05, 0.1) is 18.1 Å². The van der Waals surface area contributed by atoms with Crippen molar-refractivity contribution in [3.63, 3.8) is 0 Å². The number of aromatic nitrogens is 4. The first-order valence-electron chi connectivity index (χ1n) is 9.31. The van der Waals surface area contributed by atoms with Gasteiger partial charge in [-0.2, -0.15) is 0 Å². The minimum atomic E-state index is -0.0990. The molecule has 1 atom stereocenters. The van der Waals surface area contributed by atoms with Crippen LogP contribution in [0.1, 0.15) is 40.5 Å². The lowest BCUT2D eigenvalue weighted by Crippen LogP contribution is -2.39. The first-order valence-corrected chi connectivity index (χ1v) is 9.31. The van der Waals surface area contributed by atoms with Crippen LogP contribution in [0.5, 0.6) is 11.6 Å². The Morgan fingerprint density at radius 3 is 2.86 bits per heavy atom. The maximum absolute atomic E-state index is 12.7. The van der Waals surface area contributed by atoms with Crippen molar-refractivity contribution in [2.45, 2.75) is 25.7 Å². The van der Waals surface area contributed by atoms with Crippen molar-refractivity contribution < 1.29 is 9.53 Å². The van der Waals surface area contributed by atoms with Crippen LogP contribution in [0.3, 0.4) is 0 Å². The number of nitrogens with zero attached hydrogens (tertiary/aromatic N) is 5. The van der Waals surface area contributed by atoms with E-state index in [1.165, 1.54) is 12.4 Å². The van der Waals surface area contributed by atoms with E-state index in [2.05, 4.69) is 19.9 Å². The maximum atomic E-state index is 12.7. The van der Waals surface area contributed by atoms with Gasteiger partial charge in [-0.05, 0) is 31.4 Å². The second-order valence-corrected chi connectivity index (χ2v) is 6.83. The Labute approximate surface area is 163 Å². The number of benzene rings is 1. The maximum Gasteiger partial charge on any atom is 0.274 e. The first kappa shape index (κ1) is 18.0. The van der Waals surface area contributed by atoms with Crippen molar-refractivity contribution in [1.29, 1.82) is 0 Å². The number of ether oxygens (including phenoxy) is 1. The summed E-state index contributed by atoms with van der Waals surface area (Å²) >= 11 is 0. The molecule has 0 saturated carbocycles. The van der Waals surface area contributed by atoms with E-state index in [-0.39, 0.29) is 11.8 Å². The Balaban J connectivity index is 1.49. The number of hydrogen-bond acceptors (Lipinski definition) is 6. The largest absolute Gasteiger partial charge is 0.437 e. The highest BCUT2D eigenvalue weighted by molar-refractivity contribution is 5.92. The Hall–Kier alpha value is -3.35. The molecule has 0 N–H and O–H groups in total. The monoisotopic (exact) mass is 375 g/mol. The topological polar surface area (TPSA) is 81.1 Å². The molecule has 1 saturated heterocycles. The molecule has 1 aliphatic rings. The van der Waals surface area contributed by atoms with Crippen LogP contribution in [0.15, 0.2) is 55.2 Å². The number of amides is 1. The van der Waals surface area contributed by atoms with E-state index in [9.17, 15) is 4.79 Å². The van der Waals surface area contributed by atoms with Crippen LogP contribution in [-0.2, 0) is 0 Å². The first-order chi connectivity index (χ1) is 13.7. The third-order valence-electron chi connectivity index (χ3n) is 4.85. The van der Waals surface area contributed by atoms with Crippen LogP contribution < -0.4 is 4.74 Å². The van der Waals surface area contributed by atoms with E-state index in [0.29, 0.717) is 24.7 Å². The second-order valence-electron chi connectivity index (χ2n) is 6.83. The zero-order chi connectivity index (χ0) is 19.3. The Kier molecular flexibility index (Phi) is 5.23. The van der Waals surface area contributed by atoms with Crippen LogP contribution in [0.25, 0.3) is 0 Å². The van der Waals surface area contributed by atoms with Crippen molar-refractivity contribution in [1.82, 2.24) is 24.8 Å². The summed E-state index contributed by atoms with van der Waals surface area (Å²) in [6, 6.07) is 7.79. The van der Waals surface area contributed by atoms with Gasteiger partial charge in [-0.15, -0.1) is 0 Å². The highest BCUT2D eigenvalue weighted by Gasteiger charge is 2.27. The number of carbonyl (C=O) groups is 1. The Morgan fingerprint density at radius 1 is 1.14 bits per heavy atom. The summed E-state index contributed by atoms with van der Waals surface area (Å²) in [4.78, 5) is 31.6. The average molecular weight is 375 g/mol. The molecule has 4 rings (SSSR count). The standard InChI is InChI=1S/C21H21N5O2/c1-15-5-2-3-7-19(15)28-20-13-23-11-17(25-20)16-6-4-10-26(14-16)21(27)18-12-22-8-9-24-18/h2-3,5,7-9,11-13,16H,4,6,10,14H2,1H3. The molecule has 3 aromatic rings. The molecule has 1 unspecified atom stereocenters. The molecule has 2 aromatic heterocycles. The number of aryl methyl sites for hydroxylation is 1. The van der Waals surface area contributed by atoms with Crippen LogP contribution in [0.2, 0.25) is 0 Å². The van der Waals surface area contributed by atoms with E-state index < -0.39 is 0 Å². The quantitative estimate of drug-likeness (QED) is 0.695. The fourth-order valence-corrected chi connectivity index (χ4v) is 3.37. The van der Waals surface area contributed by atoms with Gasteiger partial charge in [-0.1, -0.05) is 18.2 Å². The number of hydrogen-bond donors (Lipinski definition) is 0. The van der Waals surface area contributed by atoms with Crippen LogP contribution in [-0.4, -0.2) is 43.8 Å². The normalized spacial score (nSPS) is 16.6. The second kappa shape index (κ2) is 8.12. The average Bonchev–Trinajstić information content (AvgIpc) is 2.76. The van der Waals surface area contributed by atoms with Crippen molar-refractivity contribution >= 4 is 5.91 Å². The SMILES string of the molecule is Cc1ccccc1Oc1cncc(C2CCCN(C(=O)c3cnccn3)C2)n1. The molecule has 7 nitrogen and oxygen atoms in total. The lowest BCUT2D eigenvalue weighted by atomic mass is 9.95. The van der Waals surface area contributed by atoms with Gasteiger partial charge in [-0.3, -0.25) is 14.8 Å². The molecule has 1 aliphatic heterocycles. The van der Waals surface area contributed by atoms with E-state index in [0.717, 1.165) is 29.8 Å². The number of carbonyl (C=O) groups excluding carboxylic acids is 1. The van der Waals surface area contributed by atoms with Gasteiger partial charge in [-0.25, -0.2) is 9.97 Å². The van der Waals surface area contributed by atoms with Crippen molar-refractivity contribution in [2.24, 2.45) is 0 Å². The van der Waals surface area contributed by atoms with E-state index in [1.54, 1.807) is 18.6 Å². The molecule has 1 fully saturated rings. The number of piperidine rings is 1. The van der Waals surface area contributed by atoms with Gasteiger partial charge in [0.25, 0.3) is 5.91 Å². The molecular weight excluding hydrogens is 354 g/mol. The fraction of sp³-hybridized carbons (Fsp3) is 0.286. The number of para-hydroxylation sites is 1. The summed E-state index contributed by atoms with van der Waals surface area (Å²) < 4.78 is 5.91. The predicted molar refractivity (Wildman–Crippen MR) is 103 cm³/mol. The van der Waals surface area contributed by atoms with Gasteiger partial charge in [0.2, 0.25) is 5.88 Å². The summed E-state index contributed by atoms with van der Waals surface area (Å²) in [7, 11) is 0. The molecule has 3 heterocycles. The summed E-state index contributed by atoms with van der Waals surface area (Å²) in [5.74, 6) is 1.24. The molecule has 0 bridgehead atoms. The molecule has 28 heavy (non-hydrogen) atoms. The highest BCUT2D eigenvalue weighted by atomic mass is 16.5. The minimum absolute atomic E-state index is 0.0990. The van der Waals surface area contributed by atoms with Gasteiger partial charge < -0.3 is 9.64 Å². The smallest absolute Gasteiger partial charge is 0.274 e. The minimum Gasteiger partial charge on any atom is -0.437 e. The summed E-state index contributed by atoms with van der Waals surface area (Å²) in [5.41, 5.74) is 2.24. The molecular formula is C21H21N5O2. The molecule has 142 valence electrons. The molecule has 1 amide bonds. The summed E-state index contributed by atoms with van der Waals surface area (Å²) in [6.07, 6.45) is 9.82. The van der Waals surface area contributed by atoms with E-state index in [4.69, 9.17) is 4.74 Å². The summed E-state index contributed by atoms with van der Waals surface area (Å²) in [5, 5.41) is 0. The van der Waals surface area contributed by atoms with Crippen molar-refractivity contribution in [3.8, 4) is 11.6 Å². The molecule has 0 aliphatic carbocycles. The van der Waals surface area contributed by atoms with Crippen LogP contribution in [0, 0.1) is 6.92 Å². The Morgan fingerprint density at radius 2 is 2.04 bits per heavy atom. The number of rotatable bonds is 4. The van der Waals surface area contributed by atoms with Gasteiger partial charge in [0.1, 0.15) is 11.4 Å². The zero-order valence-corrected chi connectivity index (χ0v) is 15.7. The van der Waals surface area contributed by atoms with E-state index >= 15 is 0 Å². The lowest BCUT2D eigenvalue weighted by Gasteiger charge is -2.32. The van der Waals surface area contributed by atoms with Gasteiger partial charge in [0, 0.05) is 37.6 Å². The predicted octanol–water partition coefficient (Wildman–Crippen LogP) is 3.39. The molecule has 0 radical (unpaired) electrons. The fourth-order valence-electron chi connectivity index (χ4n) is 3.37. The van der Waals surface area contributed by atoms with Gasteiger partial charge in [0.15, 0.2) is 0 Å². The van der Waals surface area contributed by atoms with Crippen molar-refractivity contribution in [2.75, 3.05) is 13.1 Å². The third kappa shape index (κ3) is 3.98. The van der Waals surface area contributed by atoms with Crippen LogP contribution >= 0.6 is 0 Å². The molecule has 1 aromatic carbocycles. The van der Waals surface area contributed by atoms with Gasteiger partial charge >= 0.3 is 0 Å².